The van der Waals surface area contributed by atoms with Gasteiger partial charge in [-0.25, -0.2) is 18.4 Å². The highest BCUT2D eigenvalue weighted by molar-refractivity contribution is 7.91. The Balaban J connectivity index is 1.78. The second-order valence-electron chi connectivity index (χ2n) is 6.51. The molecule has 0 aliphatic rings. The molecule has 0 unspecified atom stereocenters. The SMILES string of the molecule is CC(C)C[C@@H](CS(=O)(=O)c1ncn[nH]1)NC(=O)c1ccc2nc[nH]c2c1. The normalized spacial score (nSPS) is 13.2. The lowest BCUT2D eigenvalue weighted by Gasteiger charge is -2.20. The summed E-state index contributed by atoms with van der Waals surface area (Å²) >= 11 is 0. The van der Waals surface area contributed by atoms with Gasteiger partial charge in [0, 0.05) is 11.6 Å². The van der Waals surface area contributed by atoms with Crippen molar-refractivity contribution in [3.8, 4) is 0 Å². The minimum atomic E-state index is -3.68. The maximum absolute atomic E-state index is 12.6. The Morgan fingerprint density at radius 2 is 2.08 bits per heavy atom. The van der Waals surface area contributed by atoms with E-state index in [0.29, 0.717) is 12.0 Å². The van der Waals surface area contributed by atoms with Crippen molar-refractivity contribution in [1.82, 2.24) is 30.5 Å². The Kier molecular flexibility index (Phi) is 5.03. The summed E-state index contributed by atoms with van der Waals surface area (Å²) in [7, 11) is -3.68. The number of imidazole rings is 1. The van der Waals surface area contributed by atoms with Gasteiger partial charge in [-0.2, -0.15) is 5.10 Å². The van der Waals surface area contributed by atoms with E-state index in [0.717, 1.165) is 17.4 Å². The third-order valence-electron chi connectivity index (χ3n) is 3.88. The lowest BCUT2D eigenvalue weighted by molar-refractivity contribution is 0.0937. The molecule has 0 spiro atoms. The molecule has 10 heteroatoms. The lowest BCUT2D eigenvalue weighted by Crippen LogP contribution is -2.41. The highest BCUT2D eigenvalue weighted by atomic mass is 32.2. The smallest absolute Gasteiger partial charge is 0.251 e. The van der Waals surface area contributed by atoms with Crippen LogP contribution >= 0.6 is 0 Å². The van der Waals surface area contributed by atoms with Crippen LogP contribution in [0.2, 0.25) is 0 Å². The zero-order valence-corrected chi connectivity index (χ0v) is 15.2. The first-order chi connectivity index (χ1) is 12.3. The van der Waals surface area contributed by atoms with Gasteiger partial charge in [-0.3, -0.25) is 9.89 Å². The van der Waals surface area contributed by atoms with E-state index in [-0.39, 0.29) is 22.7 Å². The Labute approximate surface area is 150 Å². The van der Waals surface area contributed by atoms with Crippen LogP contribution in [-0.2, 0) is 9.84 Å². The highest BCUT2D eigenvalue weighted by Crippen LogP contribution is 2.14. The Morgan fingerprint density at radius 1 is 1.27 bits per heavy atom. The molecule has 3 rings (SSSR count). The molecule has 2 heterocycles. The lowest BCUT2D eigenvalue weighted by atomic mass is 10.0. The fourth-order valence-electron chi connectivity index (χ4n) is 2.77. The number of hydrogen-bond donors (Lipinski definition) is 3. The van der Waals surface area contributed by atoms with Crippen LogP contribution in [0.4, 0.5) is 0 Å². The van der Waals surface area contributed by atoms with Crippen molar-refractivity contribution in [2.45, 2.75) is 31.5 Å². The summed E-state index contributed by atoms with van der Waals surface area (Å²) in [6.07, 6.45) is 3.21. The molecule has 9 nitrogen and oxygen atoms in total. The van der Waals surface area contributed by atoms with Crippen LogP contribution in [0.25, 0.3) is 11.0 Å². The molecule has 0 fully saturated rings. The van der Waals surface area contributed by atoms with Gasteiger partial charge in [0.05, 0.1) is 23.1 Å². The van der Waals surface area contributed by atoms with E-state index < -0.39 is 15.9 Å². The molecule has 26 heavy (non-hydrogen) atoms. The first-order valence-corrected chi connectivity index (χ1v) is 9.82. The largest absolute Gasteiger partial charge is 0.348 e. The first-order valence-electron chi connectivity index (χ1n) is 8.17. The van der Waals surface area contributed by atoms with Crippen molar-refractivity contribution >= 4 is 26.8 Å². The van der Waals surface area contributed by atoms with Crippen LogP contribution in [0.15, 0.2) is 36.0 Å². The summed E-state index contributed by atoms with van der Waals surface area (Å²) in [5.74, 6) is -0.376. The molecular formula is C16H20N6O3S. The first kappa shape index (κ1) is 18.1. The molecule has 3 N–H and O–H groups in total. The Morgan fingerprint density at radius 3 is 2.77 bits per heavy atom. The zero-order valence-electron chi connectivity index (χ0n) is 14.4. The van der Waals surface area contributed by atoms with Crippen LogP contribution in [0, 0.1) is 5.92 Å². The van der Waals surface area contributed by atoms with E-state index in [1.165, 1.54) is 0 Å². The fraction of sp³-hybridized carbons (Fsp3) is 0.375. The van der Waals surface area contributed by atoms with Crippen molar-refractivity contribution in [3.05, 3.63) is 36.4 Å². The van der Waals surface area contributed by atoms with Crippen LogP contribution in [0.1, 0.15) is 30.6 Å². The summed E-state index contributed by atoms with van der Waals surface area (Å²) in [5, 5.41) is 8.57. The van der Waals surface area contributed by atoms with Crippen LogP contribution in [0.5, 0.6) is 0 Å². The van der Waals surface area contributed by atoms with Crippen LogP contribution < -0.4 is 5.32 Å². The number of aromatic nitrogens is 5. The highest BCUT2D eigenvalue weighted by Gasteiger charge is 2.26. The second kappa shape index (κ2) is 7.24. The van der Waals surface area contributed by atoms with Crippen molar-refractivity contribution in [2.24, 2.45) is 5.92 Å². The third-order valence-corrected chi connectivity index (χ3v) is 5.51. The van der Waals surface area contributed by atoms with Gasteiger partial charge in [-0.05, 0) is 30.5 Å². The summed E-state index contributed by atoms with van der Waals surface area (Å²) in [4.78, 5) is 23.4. The second-order valence-corrected chi connectivity index (χ2v) is 8.46. The molecule has 1 aromatic carbocycles. The average molecular weight is 376 g/mol. The monoisotopic (exact) mass is 376 g/mol. The Hall–Kier alpha value is -2.75. The van der Waals surface area contributed by atoms with E-state index in [1.807, 2.05) is 13.8 Å². The molecule has 1 atom stereocenters. The molecule has 2 aromatic heterocycles. The van der Waals surface area contributed by atoms with Gasteiger partial charge in [0.25, 0.3) is 5.91 Å². The minimum Gasteiger partial charge on any atom is -0.348 e. The number of hydrogen-bond acceptors (Lipinski definition) is 6. The number of nitrogens with zero attached hydrogens (tertiary/aromatic N) is 3. The van der Waals surface area contributed by atoms with E-state index in [1.54, 1.807) is 24.5 Å². The third kappa shape index (κ3) is 4.07. The van der Waals surface area contributed by atoms with Crippen LogP contribution in [-0.4, -0.2) is 51.3 Å². The molecular weight excluding hydrogens is 356 g/mol. The standard InChI is InChI=1S/C16H20N6O3S/c1-10(2)5-12(7-26(24,25)16-19-9-20-22-16)21-15(23)11-3-4-13-14(6-11)18-8-17-13/h3-4,6,8-10,12H,5,7H2,1-2H3,(H,17,18)(H,21,23)(H,19,20,22)/t12-/m0/s1. The van der Waals surface area contributed by atoms with Gasteiger partial charge in [-0.1, -0.05) is 13.8 Å². The minimum absolute atomic E-state index is 0.195. The number of carbonyl (C=O) groups is 1. The van der Waals surface area contributed by atoms with Gasteiger partial charge >= 0.3 is 0 Å². The molecule has 0 saturated carbocycles. The van der Waals surface area contributed by atoms with Gasteiger partial charge in [-0.15, -0.1) is 0 Å². The van der Waals surface area contributed by atoms with E-state index in [2.05, 4.69) is 30.5 Å². The fourth-order valence-corrected chi connectivity index (χ4v) is 4.08. The predicted molar refractivity (Wildman–Crippen MR) is 95.2 cm³/mol. The van der Waals surface area contributed by atoms with Crippen molar-refractivity contribution in [3.63, 3.8) is 0 Å². The number of H-pyrrole nitrogens is 2. The van der Waals surface area contributed by atoms with E-state index >= 15 is 0 Å². The predicted octanol–water partition coefficient (Wildman–Crippen LogP) is 1.30. The number of fused-ring (bicyclic) bond motifs is 1. The molecule has 1 amide bonds. The molecule has 0 aliphatic carbocycles. The topological polar surface area (TPSA) is 133 Å². The number of aromatic amines is 2. The Bertz CT molecular complexity index is 994. The van der Waals surface area contributed by atoms with Crippen molar-refractivity contribution < 1.29 is 13.2 Å². The number of amides is 1. The maximum atomic E-state index is 12.6. The number of nitrogens with one attached hydrogen (secondary N) is 3. The van der Waals surface area contributed by atoms with Gasteiger partial charge in [0.15, 0.2) is 0 Å². The quantitative estimate of drug-likeness (QED) is 0.569. The summed E-state index contributed by atoms with van der Waals surface area (Å²) in [6, 6.07) is 4.55. The van der Waals surface area contributed by atoms with Crippen LogP contribution in [0.3, 0.4) is 0 Å². The molecule has 138 valence electrons. The number of rotatable bonds is 7. The number of carbonyl (C=O) groups excluding carboxylic acids is 1. The molecule has 0 aliphatic heterocycles. The van der Waals surface area contributed by atoms with Gasteiger partial charge in [0.1, 0.15) is 6.33 Å². The van der Waals surface area contributed by atoms with E-state index in [9.17, 15) is 13.2 Å². The van der Waals surface area contributed by atoms with E-state index in [4.69, 9.17) is 0 Å². The molecule has 0 bridgehead atoms. The number of sulfone groups is 1. The van der Waals surface area contributed by atoms with Crippen molar-refractivity contribution in [1.29, 1.82) is 0 Å². The van der Waals surface area contributed by atoms with Crippen molar-refractivity contribution in [2.75, 3.05) is 5.75 Å². The maximum Gasteiger partial charge on any atom is 0.251 e. The summed E-state index contributed by atoms with van der Waals surface area (Å²) < 4.78 is 24.9. The molecule has 0 saturated heterocycles. The van der Waals surface area contributed by atoms with Gasteiger partial charge < -0.3 is 10.3 Å². The molecule has 0 radical (unpaired) electrons. The molecule has 3 aromatic rings. The number of benzene rings is 1. The summed E-state index contributed by atoms with van der Waals surface area (Å²) in [5.41, 5.74) is 1.94. The summed E-state index contributed by atoms with van der Waals surface area (Å²) in [6.45, 7) is 3.94. The zero-order chi connectivity index (χ0) is 18.7. The average Bonchev–Trinajstić information content (AvgIpc) is 3.24. The van der Waals surface area contributed by atoms with Gasteiger partial charge in [0.2, 0.25) is 15.0 Å².